The second-order valence-electron chi connectivity index (χ2n) is 2.96. The maximum Gasteiger partial charge on any atom is 0.151 e. The summed E-state index contributed by atoms with van der Waals surface area (Å²) in [6, 6.07) is 7.00. The average molecular weight is 211 g/mol. The highest BCUT2D eigenvalue weighted by Crippen LogP contribution is 2.05. The van der Waals surface area contributed by atoms with Crippen molar-refractivity contribution in [3.8, 4) is 0 Å². The van der Waals surface area contributed by atoms with Crippen molar-refractivity contribution in [2.75, 3.05) is 5.88 Å². The third-order valence-corrected chi connectivity index (χ3v) is 2.11. The first kappa shape index (κ1) is 10.7. The largest absolute Gasteiger partial charge is 0.384 e. The van der Waals surface area contributed by atoms with Crippen molar-refractivity contribution in [2.45, 2.75) is 6.42 Å². The number of carbonyl (C=O) groups excluding carboxylic acids is 1. The van der Waals surface area contributed by atoms with Crippen LogP contribution in [0.4, 0.5) is 0 Å². The number of benzene rings is 1. The van der Waals surface area contributed by atoms with E-state index in [9.17, 15) is 4.79 Å². The Balaban J connectivity index is 2.73. The maximum absolute atomic E-state index is 11.0. The molecule has 0 amide bonds. The van der Waals surface area contributed by atoms with Crippen molar-refractivity contribution in [3.63, 3.8) is 0 Å². The Hall–Kier alpha value is -1.35. The smallest absolute Gasteiger partial charge is 0.151 e. The number of carbonyl (C=O) groups is 1. The molecule has 0 aromatic heterocycles. The van der Waals surface area contributed by atoms with Gasteiger partial charge in [-0.05, 0) is 5.56 Å². The molecule has 3 N–H and O–H groups in total. The standard InChI is InChI=1S/C10H11ClN2O/c11-6-9(14)5-7-1-3-8(4-2-7)10(12)13/h1-4H,5-6H2,(H3,12,13). The van der Waals surface area contributed by atoms with E-state index in [2.05, 4.69) is 0 Å². The van der Waals surface area contributed by atoms with Crippen molar-refractivity contribution in [3.05, 3.63) is 35.4 Å². The summed E-state index contributed by atoms with van der Waals surface area (Å²) in [6.45, 7) is 0. The molecular formula is C10H11ClN2O. The number of Topliss-reactive ketones (excluding diaryl/α,β-unsaturated/α-hetero) is 1. The van der Waals surface area contributed by atoms with E-state index in [-0.39, 0.29) is 17.5 Å². The average Bonchev–Trinajstić information content (AvgIpc) is 2.18. The normalized spacial score (nSPS) is 9.79. The number of nitrogens with two attached hydrogens (primary N) is 1. The van der Waals surface area contributed by atoms with E-state index in [4.69, 9.17) is 22.7 Å². The molecule has 0 heterocycles. The van der Waals surface area contributed by atoms with Gasteiger partial charge in [-0.15, -0.1) is 11.6 Å². The quantitative estimate of drug-likeness (QED) is 0.447. The van der Waals surface area contributed by atoms with Crippen molar-refractivity contribution >= 4 is 23.2 Å². The molecule has 14 heavy (non-hydrogen) atoms. The summed E-state index contributed by atoms with van der Waals surface area (Å²) < 4.78 is 0. The molecule has 0 bridgehead atoms. The van der Waals surface area contributed by atoms with Crippen LogP contribution in [-0.2, 0) is 11.2 Å². The molecule has 1 aromatic carbocycles. The van der Waals surface area contributed by atoms with E-state index in [1.807, 2.05) is 0 Å². The van der Waals surface area contributed by atoms with Gasteiger partial charge in [0.05, 0.1) is 5.88 Å². The van der Waals surface area contributed by atoms with Gasteiger partial charge in [0.25, 0.3) is 0 Å². The fraction of sp³-hybridized carbons (Fsp3) is 0.200. The second-order valence-corrected chi connectivity index (χ2v) is 3.23. The van der Waals surface area contributed by atoms with E-state index in [1.54, 1.807) is 24.3 Å². The predicted octanol–water partition coefficient (Wildman–Crippen LogP) is 1.32. The number of nitrogen functional groups attached to an aromatic ring is 1. The van der Waals surface area contributed by atoms with Gasteiger partial charge in [-0.3, -0.25) is 10.2 Å². The summed E-state index contributed by atoms with van der Waals surface area (Å²) in [4.78, 5) is 11.0. The van der Waals surface area contributed by atoms with Crippen molar-refractivity contribution < 1.29 is 4.79 Å². The summed E-state index contributed by atoms with van der Waals surface area (Å²) in [5.74, 6) is 0.0523. The van der Waals surface area contributed by atoms with Crippen LogP contribution in [0.1, 0.15) is 11.1 Å². The molecule has 0 atom stereocenters. The summed E-state index contributed by atoms with van der Waals surface area (Å²) in [6.07, 6.45) is 0.335. The van der Waals surface area contributed by atoms with Gasteiger partial charge in [0.15, 0.2) is 5.78 Å². The zero-order valence-electron chi connectivity index (χ0n) is 7.59. The number of hydrogen-bond acceptors (Lipinski definition) is 2. The molecule has 3 nitrogen and oxygen atoms in total. The Morgan fingerprint density at radius 1 is 1.36 bits per heavy atom. The highest BCUT2D eigenvalue weighted by atomic mass is 35.5. The molecule has 0 aliphatic heterocycles. The van der Waals surface area contributed by atoms with Crippen LogP contribution in [0.15, 0.2) is 24.3 Å². The van der Waals surface area contributed by atoms with Gasteiger partial charge in [0, 0.05) is 12.0 Å². The zero-order valence-corrected chi connectivity index (χ0v) is 8.34. The molecule has 0 aliphatic rings. The number of nitrogens with one attached hydrogen (secondary N) is 1. The maximum atomic E-state index is 11.0. The molecule has 0 radical (unpaired) electrons. The van der Waals surface area contributed by atoms with Gasteiger partial charge in [0.1, 0.15) is 5.84 Å². The fourth-order valence-electron chi connectivity index (χ4n) is 1.08. The molecule has 1 rings (SSSR count). The first-order valence-electron chi connectivity index (χ1n) is 4.14. The lowest BCUT2D eigenvalue weighted by atomic mass is 10.1. The van der Waals surface area contributed by atoms with E-state index >= 15 is 0 Å². The minimum absolute atomic E-state index is 0.0118. The van der Waals surface area contributed by atoms with Gasteiger partial charge >= 0.3 is 0 Å². The molecule has 0 saturated carbocycles. The zero-order chi connectivity index (χ0) is 10.6. The van der Waals surface area contributed by atoms with Crippen molar-refractivity contribution in [1.29, 1.82) is 5.41 Å². The monoisotopic (exact) mass is 210 g/mol. The first-order chi connectivity index (χ1) is 6.63. The van der Waals surface area contributed by atoms with E-state index < -0.39 is 0 Å². The van der Waals surface area contributed by atoms with Crippen LogP contribution in [0.2, 0.25) is 0 Å². The number of amidine groups is 1. The molecule has 4 heteroatoms. The highest BCUT2D eigenvalue weighted by molar-refractivity contribution is 6.27. The lowest BCUT2D eigenvalue weighted by Gasteiger charge is -2.01. The number of rotatable bonds is 4. The molecule has 0 spiro atoms. The van der Waals surface area contributed by atoms with Crippen molar-refractivity contribution in [2.24, 2.45) is 5.73 Å². The van der Waals surface area contributed by atoms with Gasteiger partial charge in [0.2, 0.25) is 0 Å². The minimum atomic E-state index is -0.0118. The first-order valence-corrected chi connectivity index (χ1v) is 4.68. The van der Waals surface area contributed by atoms with Crippen LogP contribution in [-0.4, -0.2) is 17.5 Å². The van der Waals surface area contributed by atoms with Crippen LogP contribution >= 0.6 is 11.6 Å². The summed E-state index contributed by atoms with van der Waals surface area (Å²) in [5, 5.41) is 7.17. The number of alkyl halides is 1. The second kappa shape index (κ2) is 4.77. The molecule has 0 fully saturated rings. The van der Waals surface area contributed by atoms with Crippen LogP contribution < -0.4 is 5.73 Å². The SMILES string of the molecule is N=C(N)c1ccc(CC(=O)CCl)cc1. The Bertz CT molecular complexity index is 346. The topological polar surface area (TPSA) is 66.9 Å². The van der Waals surface area contributed by atoms with Crippen molar-refractivity contribution in [1.82, 2.24) is 0 Å². The van der Waals surface area contributed by atoms with E-state index in [1.165, 1.54) is 0 Å². The van der Waals surface area contributed by atoms with Gasteiger partial charge in [-0.1, -0.05) is 24.3 Å². The van der Waals surface area contributed by atoms with Crippen LogP contribution in [0.5, 0.6) is 0 Å². The Morgan fingerprint density at radius 2 is 1.93 bits per heavy atom. The minimum Gasteiger partial charge on any atom is -0.384 e. The van der Waals surface area contributed by atoms with E-state index in [0.717, 1.165) is 5.56 Å². The predicted molar refractivity (Wildman–Crippen MR) is 56.9 cm³/mol. The number of hydrogen-bond donors (Lipinski definition) is 2. The molecule has 0 saturated heterocycles. The molecule has 0 unspecified atom stereocenters. The Labute approximate surface area is 87.4 Å². The number of halogens is 1. The molecule has 0 aliphatic carbocycles. The van der Waals surface area contributed by atoms with Gasteiger partial charge in [-0.25, -0.2) is 0 Å². The van der Waals surface area contributed by atoms with Crippen LogP contribution in [0.25, 0.3) is 0 Å². The lowest BCUT2D eigenvalue weighted by molar-refractivity contribution is -0.116. The number of ketones is 1. The summed E-state index contributed by atoms with van der Waals surface area (Å²) in [5.41, 5.74) is 6.84. The van der Waals surface area contributed by atoms with E-state index in [0.29, 0.717) is 12.0 Å². The lowest BCUT2D eigenvalue weighted by Crippen LogP contribution is -2.11. The molecule has 1 aromatic rings. The highest BCUT2D eigenvalue weighted by Gasteiger charge is 2.02. The fourth-order valence-corrected chi connectivity index (χ4v) is 1.17. The summed E-state index contributed by atoms with van der Waals surface area (Å²) >= 11 is 5.38. The molecule has 74 valence electrons. The Kier molecular flexibility index (Phi) is 3.65. The van der Waals surface area contributed by atoms with Gasteiger partial charge in [-0.2, -0.15) is 0 Å². The van der Waals surface area contributed by atoms with Crippen LogP contribution in [0.3, 0.4) is 0 Å². The third-order valence-electron chi connectivity index (χ3n) is 1.82. The third kappa shape index (κ3) is 2.85. The molecular weight excluding hydrogens is 200 g/mol. The Morgan fingerprint density at radius 3 is 2.36 bits per heavy atom. The summed E-state index contributed by atoms with van der Waals surface area (Å²) in [7, 11) is 0. The van der Waals surface area contributed by atoms with Gasteiger partial charge < -0.3 is 5.73 Å². The van der Waals surface area contributed by atoms with Crippen LogP contribution in [0, 0.1) is 5.41 Å².